The van der Waals surface area contributed by atoms with Crippen molar-refractivity contribution in [1.82, 2.24) is 10.2 Å². The first-order valence-electron chi connectivity index (χ1n) is 9.10. The number of aryl methyl sites for hydroxylation is 1. The van der Waals surface area contributed by atoms with E-state index < -0.39 is 11.7 Å². The summed E-state index contributed by atoms with van der Waals surface area (Å²) in [6.45, 7) is 4.41. The third-order valence-electron chi connectivity index (χ3n) is 4.97. The smallest absolute Gasteiger partial charge is 0.350 e. The number of likely N-dealkylation sites (tertiary alicyclic amines) is 1. The van der Waals surface area contributed by atoms with E-state index >= 15 is 0 Å². The number of hydrogen-bond donors (Lipinski definition) is 1. The molecule has 0 aliphatic carbocycles. The van der Waals surface area contributed by atoms with E-state index in [0.717, 1.165) is 43.6 Å². The molecule has 2 aromatic rings. The Balaban J connectivity index is 1.69. The van der Waals surface area contributed by atoms with Gasteiger partial charge < -0.3 is 5.32 Å². The Labute approximate surface area is 157 Å². The quantitative estimate of drug-likeness (QED) is 0.828. The first-order chi connectivity index (χ1) is 12.8. The summed E-state index contributed by atoms with van der Waals surface area (Å²) in [6, 6.07) is 12.6. The number of hydrogen-bond acceptors (Lipinski definition) is 2. The normalized spacial score (nSPS) is 16.3. The summed E-state index contributed by atoms with van der Waals surface area (Å²) >= 11 is 0. The average Bonchev–Trinajstić information content (AvgIpc) is 3.17. The van der Waals surface area contributed by atoms with Gasteiger partial charge in [0.15, 0.2) is 0 Å². The topological polar surface area (TPSA) is 32.3 Å². The van der Waals surface area contributed by atoms with Crippen molar-refractivity contribution >= 4 is 5.91 Å². The van der Waals surface area contributed by atoms with E-state index in [1.807, 2.05) is 6.92 Å². The SMILES string of the molecule is Cc1ccc([C@@H](CNC(=O)c2ccc(C(F)(F)F)cc2)N2CCCC2)cc1. The van der Waals surface area contributed by atoms with Crippen LogP contribution in [0.1, 0.15) is 45.9 Å². The number of amides is 1. The minimum absolute atomic E-state index is 0.0616. The molecule has 1 saturated heterocycles. The zero-order valence-corrected chi connectivity index (χ0v) is 15.2. The van der Waals surface area contributed by atoms with Crippen LogP contribution >= 0.6 is 0 Å². The lowest BCUT2D eigenvalue weighted by Gasteiger charge is -2.28. The number of benzene rings is 2. The number of halogens is 3. The minimum Gasteiger partial charge on any atom is -0.350 e. The fourth-order valence-electron chi connectivity index (χ4n) is 3.40. The van der Waals surface area contributed by atoms with Gasteiger partial charge in [-0.1, -0.05) is 29.8 Å². The fraction of sp³-hybridized carbons (Fsp3) is 0.381. The molecule has 1 aliphatic rings. The lowest BCUT2D eigenvalue weighted by molar-refractivity contribution is -0.137. The van der Waals surface area contributed by atoms with Gasteiger partial charge in [-0.05, 0) is 62.7 Å². The molecule has 1 fully saturated rings. The molecule has 1 atom stereocenters. The Morgan fingerprint density at radius 3 is 2.19 bits per heavy atom. The summed E-state index contributed by atoms with van der Waals surface area (Å²) < 4.78 is 38.0. The van der Waals surface area contributed by atoms with E-state index in [1.165, 1.54) is 17.7 Å². The molecule has 3 rings (SSSR count). The molecule has 0 radical (unpaired) electrons. The van der Waals surface area contributed by atoms with Crippen molar-refractivity contribution in [2.45, 2.75) is 32.0 Å². The highest BCUT2D eigenvalue weighted by Crippen LogP contribution is 2.29. The number of nitrogens with zero attached hydrogens (tertiary/aromatic N) is 1. The maximum atomic E-state index is 12.7. The molecule has 1 aliphatic heterocycles. The molecule has 6 heteroatoms. The van der Waals surface area contributed by atoms with Crippen LogP contribution in [-0.2, 0) is 6.18 Å². The summed E-state index contributed by atoms with van der Waals surface area (Å²) in [5, 5.41) is 2.89. The maximum Gasteiger partial charge on any atom is 0.416 e. The van der Waals surface area contributed by atoms with E-state index in [4.69, 9.17) is 0 Å². The number of alkyl halides is 3. The number of nitrogens with one attached hydrogen (secondary N) is 1. The fourth-order valence-corrected chi connectivity index (χ4v) is 3.40. The van der Waals surface area contributed by atoms with Crippen molar-refractivity contribution in [3.8, 4) is 0 Å². The zero-order valence-electron chi connectivity index (χ0n) is 15.2. The second kappa shape index (κ2) is 8.13. The van der Waals surface area contributed by atoms with Crippen molar-refractivity contribution in [3.63, 3.8) is 0 Å². The molecule has 1 amide bonds. The molecule has 0 bridgehead atoms. The molecule has 1 heterocycles. The molecule has 0 unspecified atom stereocenters. The summed E-state index contributed by atoms with van der Waals surface area (Å²) in [5.41, 5.74) is 1.78. The molecule has 0 saturated carbocycles. The largest absolute Gasteiger partial charge is 0.416 e. The predicted octanol–water partition coefficient (Wildman–Crippen LogP) is 4.58. The van der Waals surface area contributed by atoms with Crippen molar-refractivity contribution < 1.29 is 18.0 Å². The standard InChI is InChI=1S/C21H23F3N2O/c1-15-4-6-16(7-5-15)19(26-12-2-3-13-26)14-25-20(27)17-8-10-18(11-9-17)21(22,23)24/h4-11,19H,2-3,12-14H2,1H3,(H,25,27)/t19-/m1/s1. The van der Waals surface area contributed by atoms with Crippen molar-refractivity contribution in [1.29, 1.82) is 0 Å². The van der Waals surface area contributed by atoms with Crippen LogP contribution < -0.4 is 5.32 Å². The van der Waals surface area contributed by atoms with E-state index in [2.05, 4.69) is 34.5 Å². The highest BCUT2D eigenvalue weighted by molar-refractivity contribution is 5.94. The molecule has 0 aromatic heterocycles. The van der Waals surface area contributed by atoms with Gasteiger partial charge in [-0.25, -0.2) is 0 Å². The van der Waals surface area contributed by atoms with Crippen LogP contribution in [0.25, 0.3) is 0 Å². The lowest BCUT2D eigenvalue weighted by atomic mass is 10.0. The molecule has 3 nitrogen and oxygen atoms in total. The third-order valence-corrected chi connectivity index (χ3v) is 4.97. The van der Waals surface area contributed by atoms with Gasteiger partial charge in [-0.2, -0.15) is 13.2 Å². The number of carbonyl (C=O) groups excluding carboxylic acids is 1. The number of rotatable bonds is 5. The Morgan fingerprint density at radius 1 is 1.04 bits per heavy atom. The van der Waals surface area contributed by atoms with E-state index in [1.54, 1.807) is 0 Å². The summed E-state index contributed by atoms with van der Waals surface area (Å²) in [7, 11) is 0. The van der Waals surface area contributed by atoms with Crippen molar-refractivity contribution in [3.05, 3.63) is 70.8 Å². The highest BCUT2D eigenvalue weighted by atomic mass is 19.4. The van der Waals surface area contributed by atoms with Crippen LogP contribution in [-0.4, -0.2) is 30.4 Å². The summed E-state index contributed by atoms with van der Waals surface area (Å²) in [6.07, 6.45) is -2.13. The molecule has 27 heavy (non-hydrogen) atoms. The van der Waals surface area contributed by atoms with Crippen LogP contribution in [0.5, 0.6) is 0 Å². The van der Waals surface area contributed by atoms with Gasteiger partial charge in [-0.15, -0.1) is 0 Å². The first kappa shape index (κ1) is 19.4. The molecule has 0 spiro atoms. The molecule has 1 N–H and O–H groups in total. The third kappa shape index (κ3) is 4.89. The van der Waals surface area contributed by atoms with Gasteiger partial charge in [0.05, 0.1) is 11.6 Å². The Kier molecular flexibility index (Phi) is 5.85. The van der Waals surface area contributed by atoms with Gasteiger partial charge in [-0.3, -0.25) is 9.69 Å². The maximum absolute atomic E-state index is 12.7. The van der Waals surface area contributed by atoms with Crippen molar-refractivity contribution in [2.75, 3.05) is 19.6 Å². The van der Waals surface area contributed by atoms with Crippen LogP contribution in [0.4, 0.5) is 13.2 Å². The van der Waals surface area contributed by atoms with E-state index in [0.29, 0.717) is 6.54 Å². The van der Waals surface area contributed by atoms with Crippen LogP contribution in [0.2, 0.25) is 0 Å². The lowest BCUT2D eigenvalue weighted by Crippen LogP contribution is -2.36. The highest BCUT2D eigenvalue weighted by Gasteiger charge is 2.30. The predicted molar refractivity (Wildman–Crippen MR) is 98.5 cm³/mol. The Morgan fingerprint density at radius 2 is 1.63 bits per heavy atom. The van der Waals surface area contributed by atoms with Gasteiger partial charge >= 0.3 is 6.18 Å². The van der Waals surface area contributed by atoms with Crippen LogP contribution in [0, 0.1) is 6.92 Å². The Bertz CT molecular complexity index is 764. The first-order valence-corrected chi connectivity index (χ1v) is 9.10. The Hall–Kier alpha value is -2.34. The monoisotopic (exact) mass is 376 g/mol. The molecular weight excluding hydrogens is 353 g/mol. The van der Waals surface area contributed by atoms with Crippen LogP contribution in [0.3, 0.4) is 0 Å². The average molecular weight is 376 g/mol. The zero-order chi connectivity index (χ0) is 19.4. The van der Waals surface area contributed by atoms with Crippen molar-refractivity contribution in [2.24, 2.45) is 0 Å². The van der Waals surface area contributed by atoms with Gasteiger partial charge in [0.25, 0.3) is 5.91 Å². The van der Waals surface area contributed by atoms with Gasteiger partial charge in [0.1, 0.15) is 0 Å². The molecule has 2 aromatic carbocycles. The molecule has 144 valence electrons. The van der Waals surface area contributed by atoms with Gasteiger partial charge in [0, 0.05) is 12.1 Å². The van der Waals surface area contributed by atoms with E-state index in [-0.39, 0.29) is 17.5 Å². The number of carbonyl (C=O) groups is 1. The minimum atomic E-state index is -4.40. The second-order valence-corrected chi connectivity index (χ2v) is 6.95. The van der Waals surface area contributed by atoms with Crippen LogP contribution in [0.15, 0.2) is 48.5 Å². The molecular formula is C21H23F3N2O. The van der Waals surface area contributed by atoms with E-state index in [9.17, 15) is 18.0 Å². The summed E-state index contributed by atoms with van der Waals surface area (Å²) in [4.78, 5) is 14.7. The second-order valence-electron chi connectivity index (χ2n) is 6.95. The summed E-state index contributed by atoms with van der Waals surface area (Å²) in [5.74, 6) is -0.361. The van der Waals surface area contributed by atoms with Gasteiger partial charge in [0.2, 0.25) is 0 Å².